The molecule has 0 heterocycles. The highest BCUT2D eigenvalue weighted by Gasteiger charge is 2.11. The first-order valence-electron chi connectivity index (χ1n) is 7.30. The van der Waals surface area contributed by atoms with Crippen molar-refractivity contribution in [1.82, 2.24) is 5.32 Å². The van der Waals surface area contributed by atoms with E-state index >= 15 is 0 Å². The number of benzene rings is 2. The summed E-state index contributed by atoms with van der Waals surface area (Å²) in [6.45, 7) is 2.72. The lowest BCUT2D eigenvalue weighted by Gasteiger charge is -2.19. The van der Waals surface area contributed by atoms with E-state index in [1.807, 2.05) is 31.3 Å². The molecular weight excluding hydrogens is 262 g/mol. The van der Waals surface area contributed by atoms with Crippen molar-refractivity contribution in [1.29, 1.82) is 0 Å². The van der Waals surface area contributed by atoms with Gasteiger partial charge in [-0.3, -0.25) is 0 Å². The molecule has 112 valence electrons. The molecule has 0 bridgehead atoms. The van der Waals surface area contributed by atoms with Crippen LogP contribution < -0.4 is 14.8 Å². The van der Waals surface area contributed by atoms with Crippen molar-refractivity contribution in [2.75, 3.05) is 20.8 Å². The van der Waals surface area contributed by atoms with E-state index in [0.717, 1.165) is 17.9 Å². The van der Waals surface area contributed by atoms with E-state index in [4.69, 9.17) is 9.47 Å². The fourth-order valence-electron chi connectivity index (χ4n) is 2.24. The standard InChI is InChI=1S/C18H23NO2/c1-4-14-9-11-15(12-10-14)16(19-2)13-21-18-8-6-5-7-17(18)20-3/h5-12,16,19H,4,13H2,1-3H3. The van der Waals surface area contributed by atoms with Gasteiger partial charge in [0.1, 0.15) is 6.61 Å². The van der Waals surface area contributed by atoms with E-state index in [1.54, 1.807) is 7.11 Å². The zero-order chi connectivity index (χ0) is 15.1. The molecule has 21 heavy (non-hydrogen) atoms. The van der Waals surface area contributed by atoms with Crippen LogP contribution in [-0.4, -0.2) is 20.8 Å². The summed E-state index contributed by atoms with van der Waals surface area (Å²) in [4.78, 5) is 0. The molecule has 2 aromatic rings. The third-order valence-corrected chi connectivity index (χ3v) is 3.61. The van der Waals surface area contributed by atoms with Crippen molar-refractivity contribution in [2.24, 2.45) is 0 Å². The molecule has 1 unspecified atom stereocenters. The van der Waals surface area contributed by atoms with Gasteiger partial charge >= 0.3 is 0 Å². The Hall–Kier alpha value is -2.00. The Bertz CT molecular complexity index is 551. The molecule has 0 aliphatic rings. The molecule has 0 saturated heterocycles. The van der Waals surface area contributed by atoms with Crippen LogP contribution in [-0.2, 0) is 6.42 Å². The molecule has 0 spiro atoms. The van der Waals surface area contributed by atoms with Gasteiger partial charge in [-0.2, -0.15) is 0 Å². The smallest absolute Gasteiger partial charge is 0.161 e. The Labute approximate surface area is 126 Å². The minimum absolute atomic E-state index is 0.154. The first kappa shape index (κ1) is 15.4. The number of hydrogen-bond donors (Lipinski definition) is 1. The molecule has 3 heteroatoms. The second kappa shape index (κ2) is 7.70. The predicted molar refractivity (Wildman–Crippen MR) is 86.1 cm³/mol. The molecule has 0 aliphatic carbocycles. The Balaban J connectivity index is 2.04. The van der Waals surface area contributed by atoms with Crippen molar-refractivity contribution >= 4 is 0 Å². The fourth-order valence-corrected chi connectivity index (χ4v) is 2.24. The normalized spacial score (nSPS) is 12.0. The van der Waals surface area contributed by atoms with Gasteiger partial charge in [0.05, 0.1) is 13.2 Å². The summed E-state index contributed by atoms with van der Waals surface area (Å²) in [7, 11) is 3.60. The SMILES string of the molecule is CCc1ccc(C(COc2ccccc2OC)NC)cc1. The Morgan fingerprint density at radius 1 is 1.00 bits per heavy atom. The molecule has 1 atom stereocenters. The highest BCUT2D eigenvalue weighted by molar-refractivity contribution is 5.39. The van der Waals surface area contributed by atoms with Crippen LogP contribution in [0.15, 0.2) is 48.5 Å². The number of aryl methyl sites for hydroxylation is 1. The highest BCUT2D eigenvalue weighted by Crippen LogP contribution is 2.27. The summed E-state index contributed by atoms with van der Waals surface area (Å²) in [5, 5.41) is 3.30. The quantitative estimate of drug-likeness (QED) is 0.843. The summed E-state index contributed by atoms with van der Waals surface area (Å²) in [6.07, 6.45) is 1.06. The maximum Gasteiger partial charge on any atom is 0.161 e. The minimum atomic E-state index is 0.154. The Morgan fingerprint density at radius 2 is 1.67 bits per heavy atom. The maximum atomic E-state index is 5.90. The van der Waals surface area contributed by atoms with Crippen molar-refractivity contribution in [3.63, 3.8) is 0 Å². The third-order valence-electron chi connectivity index (χ3n) is 3.61. The average molecular weight is 285 g/mol. The second-order valence-corrected chi connectivity index (χ2v) is 4.90. The van der Waals surface area contributed by atoms with E-state index in [9.17, 15) is 0 Å². The summed E-state index contributed by atoms with van der Waals surface area (Å²) in [6, 6.07) is 16.5. The average Bonchev–Trinajstić information content (AvgIpc) is 2.56. The largest absolute Gasteiger partial charge is 0.493 e. The van der Waals surface area contributed by atoms with Gasteiger partial charge in [-0.05, 0) is 36.7 Å². The fraction of sp³-hybridized carbons (Fsp3) is 0.333. The molecule has 2 aromatic carbocycles. The summed E-state index contributed by atoms with van der Waals surface area (Å²) in [5.74, 6) is 1.53. The molecule has 0 amide bonds. The Kier molecular flexibility index (Phi) is 5.64. The van der Waals surface area contributed by atoms with Crippen LogP contribution in [0.25, 0.3) is 0 Å². The van der Waals surface area contributed by atoms with E-state index in [1.165, 1.54) is 11.1 Å². The molecule has 1 N–H and O–H groups in total. The molecular formula is C18H23NO2. The lowest BCUT2D eigenvalue weighted by atomic mass is 10.0. The molecule has 0 fully saturated rings. The second-order valence-electron chi connectivity index (χ2n) is 4.90. The number of methoxy groups -OCH3 is 1. The zero-order valence-corrected chi connectivity index (χ0v) is 12.9. The number of rotatable bonds is 7. The monoisotopic (exact) mass is 285 g/mol. The molecule has 0 aromatic heterocycles. The van der Waals surface area contributed by atoms with Crippen molar-refractivity contribution in [3.05, 3.63) is 59.7 Å². The van der Waals surface area contributed by atoms with Crippen LogP contribution in [0.5, 0.6) is 11.5 Å². The zero-order valence-electron chi connectivity index (χ0n) is 12.9. The number of likely N-dealkylation sites (N-methyl/N-ethyl adjacent to an activating group) is 1. The van der Waals surface area contributed by atoms with Gasteiger partial charge in [-0.1, -0.05) is 43.3 Å². The topological polar surface area (TPSA) is 30.5 Å². The number of ether oxygens (including phenoxy) is 2. The van der Waals surface area contributed by atoms with Gasteiger partial charge in [0, 0.05) is 0 Å². The van der Waals surface area contributed by atoms with Crippen LogP contribution >= 0.6 is 0 Å². The van der Waals surface area contributed by atoms with Crippen molar-refractivity contribution < 1.29 is 9.47 Å². The van der Waals surface area contributed by atoms with E-state index in [-0.39, 0.29) is 6.04 Å². The van der Waals surface area contributed by atoms with Gasteiger partial charge in [-0.15, -0.1) is 0 Å². The summed E-state index contributed by atoms with van der Waals surface area (Å²) in [5.41, 5.74) is 2.57. The summed E-state index contributed by atoms with van der Waals surface area (Å²) >= 11 is 0. The van der Waals surface area contributed by atoms with Crippen LogP contribution in [0.3, 0.4) is 0 Å². The first-order chi connectivity index (χ1) is 10.3. The van der Waals surface area contributed by atoms with Gasteiger partial charge in [0.15, 0.2) is 11.5 Å². The van der Waals surface area contributed by atoms with Crippen LogP contribution in [0, 0.1) is 0 Å². The molecule has 0 radical (unpaired) electrons. The van der Waals surface area contributed by atoms with Crippen LogP contribution in [0.2, 0.25) is 0 Å². The van der Waals surface area contributed by atoms with Crippen molar-refractivity contribution in [3.8, 4) is 11.5 Å². The molecule has 3 nitrogen and oxygen atoms in total. The number of hydrogen-bond acceptors (Lipinski definition) is 3. The number of nitrogens with one attached hydrogen (secondary N) is 1. The van der Waals surface area contributed by atoms with Gasteiger partial charge < -0.3 is 14.8 Å². The van der Waals surface area contributed by atoms with Crippen LogP contribution in [0.4, 0.5) is 0 Å². The van der Waals surface area contributed by atoms with Crippen LogP contribution in [0.1, 0.15) is 24.1 Å². The van der Waals surface area contributed by atoms with Gasteiger partial charge in [0.2, 0.25) is 0 Å². The van der Waals surface area contributed by atoms with Gasteiger partial charge in [0.25, 0.3) is 0 Å². The molecule has 0 aliphatic heterocycles. The first-order valence-corrected chi connectivity index (χ1v) is 7.30. The number of para-hydroxylation sites is 2. The summed E-state index contributed by atoms with van der Waals surface area (Å²) < 4.78 is 11.2. The van der Waals surface area contributed by atoms with Crippen molar-refractivity contribution in [2.45, 2.75) is 19.4 Å². The maximum absolute atomic E-state index is 5.90. The highest BCUT2D eigenvalue weighted by atomic mass is 16.5. The van der Waals surface area contributed by atoms with E-state index in [2.05, 4.69) is 36.5 Å². The molecule has 2 rings (SSSR count). The predicted octanol–water partition coefficient (Wildman–Crippen LogP) is 3.60. The minimum Gasteiger partial charge on any atom is -0.493 e. The van der Waals surface area contributed by atoms with Gasteiger partial charge in [-0.25, -0.2) is 0 Å². The van der Waals surface area contributed by atoms with E-state index in [0.29, 0.717) is 6.61 Å². The molecule has 0 saturated carbocycles. The van der Waals surface area contributed by atoms with E-state index < -0.39 is 0 Å². The third kappa shape index (κ3) is 3.99. The lowest BCUT2D eigenvalue weighted by Crippen LogP contribution is -2.23. The Morgan fingerprint density at radius 3 is 2.24 bits per heavy atom. The lowest BCUT2D eigenvalue weighted by molar-refractivity contribution is 0.259.